The average molecular weight is 379 g/mol. The summed E-state index contributed by atoms with van der Waals surface area (Å²) < 4.78 is 27.7. The van der Waals surface area contributed by atoms with E-state index in [1.165, 1.54) is 6.92 Å². The van der Waals surface area contributed by atoms with Crippen LogP contribution in [0.15, 0.2) is 18.2 Å². The molecule has 0 radical (unpaired) electrons. The van der Waals surface area contributed by atoms with E-state index in [0.29, 0.717) is 6.54 Å². The Labute approximate surface area is 156 Å². The highest BCUT2D eigenvalue weighted by Crippen LogP contribution is 2.31. The molecule has 0 aromatic heterocycles. The summed E-state index contributed by atoms with van der Waals surface area (Å²) >= 11 is 0. The minimum atomic E-state index is -1.75. The number of urea groups is 1. The molecule has 3 rings (SSSR count). The number of amides is 4. The van der Waals surface area contributed by atoms with Gasteiger partial charge in [0.2, 0.25) is 5.91 Å². The van der Waals surface area contributed by atoms with Crippen molar-refractivity contribution in [2.75, 3.05) is 13.1 Å². The van der Waals surface area contributed by atoms with Gasteiger partial charge in [0.25, 0.3) is 5.91 Å². The van der Waals surface area contributed by atoms with Gasteiger partial charge >= 0.3 is 6.03 Å². The van der Waals surface area contributed by atoms with Crippen molar-refractivity contribution >= 4 is 17.8 Å². The fourth-order valence-electron chi connectivity index (χ4n) is 3.88. The van der Waals surface area contributed by atoms with Crippen LogP contribution < -0.4 is 5.32 Å². The topological polar surface area (TPSA) is 69.7 Å². The van der Waals surface area contributed by atoms with Gasteiger partial charge < -0.3 is 10.2 Å². The molecule has 0 saturated carbocycles. The summed E-state index contributed by atoms with van der Waals surface area (Å²) in [5.41, 5.74) is -2.02. The second-order valence-corrected chi connectivity index (χ2v) is 7.22. The third kappa shape index (κ3) is 3.40. The maximum Gasteiger partial charge on any atom is 0.325 e. The first-order chi connectivity index (χ1) is 12.8. The zero-order valence-electron chi connectivity index (χ0n) is 15.4. The van der Waals surface area contributed by atoms with Gasteiger partial charge in [0, 0.05) is 18.2 Å². The van der Waals surface area contributed by atoms with Crippen LogP contribution in [0, 0.1) is 11.6 Å². The molecule has 8 heteroatoms. The molecule has 4 amide bonds. The van der Waals surface area contributed by atoms with Crippen LogP contribution in [-0.2, 0) is 15.1 Å². The summed E-state index contributed by atoms with van der Waals surface area (Å²) in [6, 6.07) is 2.04. The average Bonchev–Trinajstić information content (AvgIpc) is 2.87. The number of nitrogens with zero attached hydrogens (tertiary/aromatic N) is 2. The number of piperidine rings is 1. The quantitative estimate of drug-likeness (QED) is 0.818. The zero-order valence-corrected chi connectivity index (χ0v) is 15.4. The van der Waals surface area contributed by atoms with Crippen molar-refractivity contribution in [3.8, 4) is 0 Å². The van der Waals surface area contributed by atoms with Crippen molar-refractivity contribution in [2.45, 2.75) is 51.1 Å². The monoisotopic (exact) mass is 379 g/mol. The lowest BCUT2D eigenvalue weighted by Crippen LogP contribution is -2.49. The molecule has 1 aromatic rings. The molecule has 2 atom stereocenters. The Morgan fingerprint density at radius 1 is 1.30 bits per heavy atom. The van der Waals surface area contributed by atoms with Crippen molar-refractivity contribution in [3.05, 3.63) is 35.4 Å². The minimum Gasteiger partial charge on any atom is -0.338 e. The van der Waals surface area contributed by atoms with Crippen LogP contribution in [0.2, 0.25) is 0 Å². The molecule has 1 N–H and O–H groups in total. The highest BCUT2D eigenvalue weighted by Gasteiger charge is 2.51. The summed E-state index contributed by atoms with van der Waals surface area (Å²) in [4.78, 5) is 40.4. The van der Waals surface area contributed by atoms with Crippen molar-refractivity contribution in [2.24, 2.45) is 0 Å². The number of rotatable bonds is 4. The van der Waals surface area contributed by atoms with Gasteiger partial charge in [-0.05, 0) is 50.8 Å². The maximum atomic E-state index is 14.2. The lowest BCUT2D eigenvalue weighted by Gasteiger charge is -2.36. The second-order valence-electron chi connectivity index (χ2n) is 7.22. The van der Waals surface area contributed by atoms with Gasteiger partial charge in [-0.1, -0.05) is 6.92 Å². The van der Waals surface area contributed by atoms with E-state index in [0.717, 1.165) is 48.8 Å². The van der Waals surface area contributed by atoms with Gasteiger partial charge in [0.05, 0.1) is 0 Å². The summed E-state index contributed by atoms with van der Waals surface area (Å²) in [7, 11) is 0. The Hall–Kier alpha value is -2.51. The van der Waals surface area contributed by atoms with Gasteiger partial charge in [-0.3, -0.25) is 14.5 Å². The van der Waals surface area contributed by atoms with Crippen LogP contribution in [-0.4, -0.2) is 46.8 Å². The Balaban J connectivity index is 1.82. The standard InChI is InChI=1S/C19H23F2N3O3/c1-3-13-6-4-5-9-23(13)16(25)11-24-17(26)19(2,22-18(24)27)14-10-12(20)7-8-15(14)21/h7-8,10,13H,3-6,9,11H2,1-2H3,(H,22,27)/t13-,19-/m1/s1. The number of likely N-dealkylation sites (tertiary alicyclic amines) is 1. The third-order valence-electron chi connectivity index (χ3n) is 5.45. The fourth-order valence-corrected chi connectivity index (χ4v) is 3.88. The molecule has 0 spiro atoms. The van der Waals surface area contributed by atoms with Crippen LogP contribution in [0.3, 0.4) is 0 Å². The summed E-state index contributed by atoms with van der Waals surface area (Å²) in [6.07, 6.45) is 3.63. The van der Waals surface area contributed by atoms with Gasteiger partial charge in [0.15, 0.2) is 0 Å². The predicted octanol–water partition coefficient (Wildman–Crippen LogP) is 2.52. The Bertz CT molecular complexity index is 785. The Kier molecular flexibility index (Phi) is 5.17. The zero-order chi connectivity index (χ0) is 19.8. The Morgan fingerprint density at radius 3 is 2.74 bits per heavy atom. The number of benzene rings is 1. The third-order valence-corrected chi connectivity index (χ3v) is 5.45. The summed E-state index contributed by atoms with van der Waals surface area (Å²) in [5.74, 6) is -2.60. The molecule has 0 unspecified atom stereocenters. The number of imide groups is 1. The minimum absolute atomic E-state index is 0.0964. The van der Waals surface area contributed by atoms with Crippen molar-refractivity contribution in [1.29, 1.82) is 0 Å². The first-order valence-corrected chi connectivity index (χ1v) is 9.17. The molecule has 2 heterocycles. The molecular formula is C19H23F2N3O3. The van der Waals surface area contributed by atoms with E-state index in [1.807, 2.05) is 6.92 Å². The summed E-state index contributed by atoms with van der Waals surface area (Å²) in [6.45, 7) is 3.49. The molecule has 2 aliphatic heterocycles. The number of carbonyl (C=O) groups excluding carboxylic acids is 3. The largest absolute Gasteiger partial charge is 0.338 e. The number of hydrogen-bond donors (Lipinski definition) is 1. The molecule has 2 aliphatic rings. The van der Waals surface area contributed by atoms with Gasteiger partial charge in [-0.15, -0.1) is 0 Å². The molecular weight excluding hydrogens is 356 g/mol. The molecule has 6 nitrogen and oxygen atoms in total. The van der Waals surface area contributed by atoms with Crippen molar-refractivity contribution in [1.82, 2.24) is 15.1 Å². The highest BCUT2D eigenvalue weighted by atomic mass is 19.1. The van der Waals surface area contributed by atoms with E-state index in [2.05, 4.69) is 5.32 Å². The van der Waals surface area contributed by atoms with Crippen molar-refractivity contribution < 1.29 is 23.2 Å². The number of hydrogen-bond acceptors (Lipinski definition) is 3. The Morgan fingerprint density at radius 2 is 2.04 bits per heavy atom. The predicted molar refractivity (Wildman–Crippen MR) is 93.6 cm³/mol. The SMILES string of the molecule is CC[C@@H]1CCCCN1C(=O)CN1C(=O)N[C@](C)(c2cc(F)ccc2F)C1=O. The van der Waals surface area contributed by atoms with Crippen molar-refractivity contribution in [3.63, 3.8) is 0 Å². The van der Waals surface area contributed by atoms with E-state index in [9.17, 15) is 23.2 Å². The van der Waals surface area contributed by atoms with Gasteiger partial charge in [-0.25, -0.2) is 13.6 Å². The second kappa shape index (κ2) is 7.25. The smallest absolute Gasteiger partial charge is 0.325 e. The van der Waals surface area contributed by atoms with Gasteiger partial charge in [-0.2, -0.15) is 0 Å². The first-order valence-electron chi connectivity index (χ1n) is 9.17. The van der Waals surface area contributed by atoms with Crippen LogP contribution >= 0.6 is 0 Å². The first kappa shape index (κ1) is 19.3. The summed E-state index contributed by atoms with van der Waals surface area (Å²) in [5, 5.41) is 2.41. The van der Waals surface area contributed by atoms with Gasteiger partial charge in [0.1, 0.15) is 23.7 Å². The molecule has 2 saturated heterocycles. The van der Waals surface area contributed by atoms with E-state index in [-0.39, 0.29) is 17.5 Å². The van der Waals surface area contributed by atoms with Crippen LogP contribution in [0.1, 0.15) is 45.1 Å². The molecule has 1 aromatic carbocycles. The van der Waals surface area contributed by atoms with E-state index >= 15 is 0 Å². The van der Waals surface area contributed by atoms with Crippen LogP contribution in [0.25, 0.3) is 0 Å². The molecule has 27 heavy (non-hydrogen) atoms. The highest BCUT2D eigenvalue weighted by molar-refractivity contribution is 6.09. The van der Waals surface area contributed by atoms with E-state index in [4.69, 9.17) is 0 Å². The molecule has 0 aliphatic carbocycles. The lowest BCUT2D eigenvalue weighted by molar-refractivity contribution is -0.141. The number of halogens is 2. The maximum absolute atomic E-state index is 14.2. The van der Waals surface area contributed by atoms with E-state index < -0.39 is 35.7 Å². The van der Waals surface area contributed by atoms with E-state index in [1.54, 1.807) is 4.90 Å². The van der Waals surface area contributed by atoms with Crippen LogP contribution in [0.4, 0.5) is 13.6 Å². The number of carbonyl (C=O) groups is 3. The fraction of sp³-hybridized carbons (Fsp3) is 0.526. The van der Waals surface area contributed by atoms with Crippen LogP contribution in [0.5, 0.6) is 0 Å². The molecule has 0 bridgehead atoms. The number of nitrogens with one attached hydrogen (secondary N) is 1. The normalized spacial score (nSPS) is 25.7. The lowest BCUT2D eigenvalue weighted by atomic mass is 9.91. The molecule has 2 fully saturated rings. The molecule has 146 valence electrons.